The molecule has 0 unspecified atom stereocenters. The van der Waals surface area contributed by atoms with Crippen molar-refractivity contribution in [3.05, 3.63) is 48.5 Å². The van der Waals surface area contributed by atoms with E-state index in [-0.39, 0.29) is 23.2 Å². The number of unbranched alkanes of at least 4 members (excludes halogenated alkanes) is 9. The van der Waals surface area contributed by atoms with E-state index in [1.807, 2.05) is 24.3 Å². The quantitative estimate of drug-likeness (QED) is 0.159. The molecule has 0 aliphatic carbocycles. The number of aliphatic hydroxyl groups is 1. The molecule has 1 amide bonds. The molecule has 7 nitrogen and oxygen atoms in total. The van der Waals surface area contributed by atoms with Gasteiger partial charge in [-0.15, -0.1) is 0 Å². The molecule has 8 heteroatoms. The third-order valence-corrected chi connectivity index (χ3v) is 8.22. The molecule has 0 bridgehead atoms. The Labute approximate surface area is 222 Å². The maximum atomic E-state index is 12.5. The van der Waals surface area contributed by atoms with Crippen molar-refractivity contribution in [2.45, 2.75) is 88.9 Å². The van der Waals surface area contributed by atoms with Crippen LogP contribution in [0.5, 0.6) is 0 Å². The lowest BCUT2D eigenvalue weighted by Crippen LogP contribution is -2.25. The molecule has 0 heterocycles. The summed E-state index contributed by atoms with van der Waals surface area (Å²) in [6, 6.07) is 13.7. The predicted molar refractivity (Wildman–Crippen MR) is 151 cm³/mol. The number of carbonyl (C=O) groups excluding carboxylic acids is 1. The van der Waals surface area contributed by atoms with E-state index in [0.29, 0.717) is 30.6 Å². The predicted octanol–water partition coefficient (Wildman–Crippen LogP) is 7.53. The first kappa shape index (κ1) is 30.6. The summed E-state index contributed by atoms with van der Waals surface area (Å²) in [6.45, 7) is 2.36. The van der Waals surface area contributed by atoms with E-state index in [1.54, 1.807) is 36.2 Å². The Hall–Kier alpha value is -2.58. The highest BCUT2D eigenvalue weighted by Gasteiger charge is 2.14. The molecule has 0 radical (unpaired) electrons. The van der Waals surface area contributed by atoms with Gasteiger partial charge in [0.1, 0.15) is 0 Å². The van der Waals surface area contributed by atoms with Gasteiger partial charge in [0, 0.05) is 25.8 Å². The van der Waals surface area contributed by atoms with Gasteiger partial charge in [0.2, 0.25) is 5.91 Å². The van der Waals surface area contributed by atoms with Gasteiger partial charge in [-0.3, -0.25) is 4.79 Å². The van der Waals surface area contributed by atoms with Crippen molar-refractivity contribution in [1.29, 1.82) is 0 Å². The van der Waals surface area contributed by atoms with E-state index in [4.69, 9.17) is 5.11 Å². The van der Waals surface area contributed by atoms with Crippen LogP contribution in [0, 0.1) is 0 Å². The Morgan fingerprint density at radius 3 is 1.86 bits per heavy atom. The summed E-state index contributed by atoms with van der Waals surface area (Å²) in [5.74, 6) is 0.213. The first-order valence-corrected chi connectivity index (χ1v) is 15.2. The molecule has 2 aromatic rings. The van der Waals surface area contributed by atoms with Crippen molar-refractivity contribution in [3.8, 4) is 0 Å². The fourth-order valence-electron chi connectivity index (χ4n) is 4.00. The van der Waals surface area contributed by atoms with Gasteiger partial charge < -0.3 is 10.0 Å². The molecule has 0 aliphatic rings. The lowest BCUT2D eigenvalue weighted by molar-refractivity contribution is -0.118. The van der Waals surface area contributed by atoms with Crippen LogP contribution in [0.4, 0.5) is 17.1 Å². The Bertz CT molecular complexity index is 1050. The molecule has 0 aliphatic heterocycles. The van der Waals surface area contributed by atoms with Crippen molar-refractivity contribution in [2.75, 3.05) is 24.3 Å². The van der Waals surface area contributed by atoms with Crippen LogP contribution in [-0.4, -0.2) is 38.8 Å². The molecule has 37 heavy (non-hydrogen) atoms. The number of carbonyl (C=O) groups is 1. The average Bonchev–Trinajstić information content (AvgIpc) is 2.91. The first-order valence-electron chi connectivity index (χ1n) is 13.6. The molecule has 2 aromatic carbocycles. The summed E-state index contributed by atoms with van der Waals surface area (Å²) in [5.41, 5.74) is 2.03. The highest BCUT2D eigenvalue weighted by molar-refractivity contribution is 7.91. The number of nitrogens with zero attached hydrogens (tertiary/aromatic N) is 3. The van der Waals surface area contributed by atoms with Crippen molar-refractivity contribution >= 4 is 32.8 Å². The first-order chi connectivity index (χ1) is 17.9. The Kier molecular flexibility index (Phi) is 14.1. The lowest BCUT2D eigenvalue weighted by Gasteiger charge is -2.17. The highest BCUT2D eigenvalue weighted by Crippen LogP contribution is 2.24. The van der Waals surface area contributed by atoms with Crippen molar-refractivity contribution < 1.29 is 18.3 Å². The fourth-order valence-corrected chi connectivity index (χ4v) is 5.37. The van der Waals surface area contributed by atoms with Crippen LogP contribution >= 0.6 is 0 Å². The monoisotopic (exact) mass is 529 g/mol. The van der Waals surface area contributed by atoms with Gasteiger partial charge >= 0.3 is 0 Å². The van der Waals surface area contributed by atoms with Gasteiger partial charge in [-0.25, -0.2) is 8.42 Å². The van der Waals surface area contributed by atoms with Crippen LogP contribution in [0.25, 0.3) is 0 Å². The van der Waals surface area contributed by atoms with Gasteiger partial charge in [-0.05, 0) is 67.8 Å². The van der Waals surface area contributed by atoms with E-state index >= 15 is 0 Å². The molecule has 204 valence electrons. The maximum absolute atomic E-state index is 12.5. The number of azo groups is 1. The van der Waals surface area contributed by atoms with E-state index in [9.17, 15) is 13.2 Å². The smallest absolute Gasteiger partial charge is 0.226 e. The van der Waals surface area contributed by atoms with Gasteiger partial charge in [0.15, 0.2) is 9.84 Å². The standard InChI is InChI=1S/C29H43N3O4S/c1-3-4-5-6-7-8-11-14-29(34)32(2)27-19-15-25(16-20-27)30-31-26-17-21-28(22-18-26)37(35,36)24-13-10-9-12-23-33/h15-22,33H,3-14,23-24H2,1-2H3. The number of sulfone groups is 1. The van der Waals surface area contributed by atoms with Crippen LogP contribution in [-0.2, 0) is 14.6 Å². The molecular formula is C29H43N3O4S. The number of rotatable bonds is 18. The Balaban J connectivity index is 1.82. The second-order valence-electron chi connectivity index (χ2n) is 9.49. The number of hydrogen-bond acceptors (Lipinski definition) is 6. The van der Waals surface area contributed by atoms with Gasteiger partial charge in [-0.1, -0.05) is 58.3 Å². The zero-order valence-electron chi connectivity index (χ0n) is 22.4. The van der Waals surface area contributed by atoms with Gasteiger partial charge in [-0.2, -0.15) is 10.2 Å². The number of hydrogen-bond donors (Lipinski definition) is 1. The topological polar surface area (TPSA) is 99.4 Å². The molecule has 1 N–H and O–H groups in total. The summed E-state index contributed by atoms with van der Waals surface area (Å²) >= 11 is 0. The third kappa shape index (κ3) is 11.6. The SMILES string of the molecule is CCCCCCCCCC(=O)N(C)c1ccc(N=Nc2ccc(S(=O)(=O)CCCCCCO)cc2)cc1. The largest absolute Gasteiger partial charge is 0.396 e. The average molecular weight is 530 g/mol. The molecule has 0 saturated carbocycles. The Morgan fingerprint density at radius 2 is 1.27 bits per heavy atom. The molecule has 0 spiro atoms. The van der Waals surface area contributed by atoms with Crippen LogP contribution < -0.4 is 4.90 Å². The van der Waals surface area contributed by atoms with E-state index in [0.717, 1.165) is 31.4 Å². The number of anilines is 1. The summed E-state index contributed by atoms with van der Waals surface area (Å²) < 4.78 is 25.0. The maximum Gasteiger partial charge on any atom is 0.226 e. The normalized spacial score (nSPS) is 11.8. The molecule has 0 atom stereocenters. The van der Waals surface area contributed by atoms with Crippen LogP contribution in [0.2, 0.25) is 0 Å². The second kappa shape index (κ2) is 17.0. The summed E-state index contributed by atoms with van der Waals surface area (Å²) in [6.07, 6.45) is 11.8. The summed E-state index contributed by atoms with van der Waals surface area (Å²) in [7, 11) is -1.53. The highest BCUT2D eigenvalue weighted by atomic mass is 32.2. The Morgan fingerprint density at radius 1 is 0.757 bits per heavy atom. The van der Waals surface area contributed by atoms with Crippen LogP contribution in [0.3, 0.4) is 0 Å². The minimum Gasteiger partial charge on any atom is -0.396 e. The number of amides is 1. The van der Waals surface area contributed by atoms with Crippen LogP contribution in [0.15, 0.2) is 63.7 Å². The number of aliphatic hydroxyl groups excluding tert-OH is 1. The van der Waals surface area contributed by atoms with E-state index in [2.05, 4.69) is 17.2 Å². The van der Waals surface area contributed by atoms with E-state index in [1.165, 1.54) is 32.1 Å². The van der Waals surface area contributed by atoms with Crippen molar-refractivity contribution in [1.82, 2.24) is 0 Å². The molecule has 0 saturated heterocycles. The second-order valence-corrected chi connectivity index (χ2v) is 11.6. The van der Waals surface area contributed by atoms with Gasteiger partial charge in [0.25, 0.3) is 0 Å². The van der Waals surface area contributed by atoms with Crippen molar-refractivity contribution in [3.63, 3.8) is 0 Å². The minimum absolute atomic E-state index is 0.0988. The fraction of sp³-hybridized carbons (Fsp3) is 0.552. The molecule has 2 rings (SSSR count). The molecule has 0 fully saturated rings. The summed E-state index contributed by atoms with van der Waals surface area (Å²) in [4.78, 5) is 14.5. The van der Waals surface area contributed by atoms with Crippen molar-refractivity contribution in [2.24, 2.45) is 10.2 Å². The lowest BCUT2D eigenvalue weighted by atomic mass is 10.1. The summed E-state index contributed by atoms with van der Waals surface area (Å²) in [5, 5.41) is 17.3. The van der Waals surface area contributed by atoms with Gasteiger partial charge in [0.05, 0.1) is 22.0 Å². The van der Waals surface area contributed by atoms with E-state index < -0.39 is 9.84 Å². The third-order valence-electron chi connectivity index (χ3n) is 6.40. The number of benzene rings is 2. The zero-order valence-corrected chi connectivity index (χ0v) is 23.3. The minimum atomic E-state index is -3.33. The zero-order chi connectivity index (χ0) is 26.9. The molecule has 0 aromatic heterocycles. The van der Waals surface area contributed by atoms with Crippen LogP contribution in [0.1, 0.15) is 84.0 Å². The molecular weight excluding hydrogens is 486 g/mol.